The fourth-order valence-corrected chi connectivity index (χ4v) is 4.27. The van der Waals surface area contributed by atoms with E-state index in [9.17, 15) is 4.79 Å². The number of para-hydroxylation sites is 1. The monoisotopic (exact) mass is 416 g/mol. The van der Waals surface area contributed by atoms with Crippen molar-refractivity contribution < 1.29 is 4.79 Å². The van der Waals surface area contributed by atoms with E-state index in [1.54, 1.807) is 11.3 Å². The molecule has 5 nitrogen and oxygen atoms in total. The molecule has 4 aromatic rings. The number of nitrogens with two attached hydrogens (primary N) is 1. The lowest BCUT2D eigenvalue weighted by atomic mass is 10.1. The number of benzene rings is 2. The Bertz CT molecular complexity index is 1180. The van der Waals surface area contributed by atoms with Crippen LogP contribution >= 0.6 is 11.3 Å². The van der Waals surface area contributed by atoms with E-state index >= 15 is 0 Å². The van der Waals surface area contributed by atoms with Crippen LogP contribution in [0, 0.1) is 13.8 Å². The van der Waals surface area contributed by atoms with Crippen molar-refractivity contribution in [2.45, 2.75) is 26.8 Å². The molecule has 0 aliphatic heterocycles. The van der Waals surface area contributed by atoms with Gasteiger partial charge < -0.3 is 15.6 Å². The van der Waals surface area contributed by atoms with Gasteiger partial charge in [0.2, 0.25) is 0 Å². The van der Waals surface area contributed by atoms with Gasteiger partial charge >= 0.3 is 0 Å². The number of carbonyl (C=O) groups excluding carboxylic acids is 1. The average Bonchev–Trinajstić information content (AvgIpc) is 3.33. The molecular weight excluding hydrogens is 392 g/mol. The Balaban J connectivity index is 1.64. The molecular formula is C24H24N4OS. The van der Waals surface area contributed by atoms with E-state index in [-0.39, 0.29) is 0 Å². The summed E-state index contributed by atoms with van der Waals surface area (Å²) in [5.74, 6) is -0.416. The second-order valence-corrected chi connectivity index (χ2v) is 8.12. The third-order valence-electron chi connectivity index (χ3n) is 5.25. The lowest BCUT2D eigenvalue weighted by Gasteiger charge is -2.11. The molecule has 4 rings (SSSR count). The summed E-state index contributed by atoms with van der Waals surface area (Å²) in [5.41, 5.74) is 12.2. The summed E-state index contributed by atoms with van der Waals surface area (Å²) in [5, 5.41) is 6.22. The van der Waals surface area contributed by atoms with E-state index in [4.69, 9.17) is 10.7 Å². The number of nitrogens with zero attached hydrogens (tertiary/aromatic N) is 2. The Morgan fingerprint density at radius 2 is 1.83 bits per heavy atom. The highest BCUT2D eigenvalue weighted by Crippen LogP contribution is 2.31. The molecule has 2 heterocycles. The topological polar surface area (TPSA) is 72.9 Å². The van der Waals surface area contributed by atoms with Gasteiger partial charge in [0, 0.05) is 23.3 Å². The highest BCUT2D eigenvalue weighted by atomic mass is 32.1. The summed E-state index contributed by atoms with van der Waals surface area (Å²) in [7, 11) is 0. The van der Waals surface area contributed by atoms with Crippen LogP contribution in [0.3, 0.4) is 0 Å². The molecule has 152 valence electrons. The highest BCUT2D eigenvalue weighted by molar-refractivity contribution is 7.14. The number of nitrogens with one attached hydrogen (secondary N) is 1. The average molecular weight is 417 g/mol. The standard InChI is InChI=1S/C24H24N4OS/c1-16-8-6-7-11-20(16)26-24-27-21(15-30-24)22-14-19(23(25)29)17(2)28(22)13-12-18-9-4-3-5-10-18/h3-11,14-15H,12-13H2,1-2H3,(H2,25,29)(H,26,27). The lowest BCUT2D eigenvalue weighted by Crippen LogP contribution is -2.13. The lowest BCUT2D eigenvalue weighted by molar-refractivity contribution is 0.0999. The minimum absolute atomic E-state index is 0.416. The summed E-state index contributed by atoms with van der Waals surface area (Å²) in [6, 6.07) is 20.3. The Labute approximate surface area is 180 Å². The number of primary amides is 1. The molecule has 0 spiro atoms. The summed E-state index contributed by atoms with van der Waals surface area (Å²) < 4.78 is 2.14. The highest BCUT2D eigenvalue weighted by Gasteiger charge is 2.18. The number of carbonyl (C=O) groups is 1. The molecule has 0 fully saturated rings. The summed E-state index contributed by atoms with van der Waals surface area (Å²) in [4.78, 5) is 16.7. The molecule has 2 aromatic carbocycles. The molecule has 0 unspecified atom stereocenters. The second kappa shape index (κ2) is 8.55. The van der Waals surface area contributed by atoms with Crippen molar-refractivity contribution in [3.63, 3.8) is 0 Å². The molecule has 30 heavy (non-hydrogen) atoms. The third-order valence-corrected chi connectivity index (χ3v) is 6.01. The van der Waals surface area contributed by atoms with Crippen molar-refractivity contribution in [2.24, 2.45) is 5.73 Å². The van der Waals surface area contributed by atoms with Crippen LogP contribution in [0.25, 0.3) is 11.4 Å². The van der Waals surface area contributed by atoms with Gasteiger partial charge in [-0.2, -0.15) is 0 Å². The van der Waals surface area contributed by atoms with E-state index in [1.807, 2.05) is 54.8 Å². The predicted molar refractivity (Wildman–Crippen MR) is 123 cm³/mol. The van der Waals surface area contributed by atoms with Crippen LogP contribution in [0.5, 0.6) is 0 Å². The molecule has 3 N–H and O–H groups in total. The zero-order chi connectivity index (χ0) is 21.1. The van der Waals surface area contributed by atoms with Gasteiger partial charge in [-0.25, -0.2) is 4.98 Å². The Morgan fingerprint density at radius 3 is 2.57 bits per heavy atom. The van der Waals surface area contributed by atoms with Crippen molar-refractivity contribution in [2.75, 3.05) is 5.32 Å². The molecule has 0 saturated carbocycles. The molecule has 0 bridgehead atoms. The van der Waals surface area contributed by atoms with Gasteiger partial charge in [-0.1, -0.05) is 48.5 Å². The summed E-state index contributed by atoms with van der Waals surface area (Å²) in [6.45, 7) is 4.75. The van der Waals surface area contributed by atoms with Gasteiger partial charge in [-0.3, -0.25) is 4.79 Å². The number of aromatic nitrogens is 2. The molecule has 6 heteroatoms. The smallest absolute Gasteiger partial charge is 0.250 e. The number of rotatable bonds is 7. The van der Waals surface area contributed by atoms with Gasteiger partial charge in [0.15, 0.2) is 5.13 Å². The number of aryl methyl sites for hydroxylation is 2. The van der Waals surface area contributed by atoms with Gasteiger partial charge in [0.1, 0.15) is 0 Å². The first-order valence-corrected chi connectivity index (χ1v) is 10.7. The fourth-order valence-electron chi connectivity index (χ4n) is 3.56. The Hall–Kier alpha value is -3.38. The number of amides is 1. The number of hydrogen-bond acceptors (Lipinski definition) is 4. The number of thiazole rings is 1. The zero-order valence-corrected chi connectivity index (χ0v) is 17.9. The van der Waals surface area contributed by atoms with Crippen LogP contribution in [0.4, 0.5) is 10.8 Å². The SMILES string of the molecule is Cc1ccccc1Nc1nc(-c2cc(C(N)=O)c(C)n2CCc2ccccc2)cs1. The molecule has 0 radical (unpaired) electrons. The number of hydrogen-bond donors (Lipinski definition) is 2. The molecule has 2 aromatic heterocycles. The summed E-state index contributed by atoms with van der Waals surface area (Å²) in [6.07, 6.45) is 0.861. The van der Waals surface area contributed by atoms with Crippen LogP contribution in [-0.4, -0.2) is 15.5 Å². The minimum Gasteiger partial charge on any atom is -0.366 e. The van der Waals surface area contributed by atoms with Crippen molar-refractivity contribution in [1.29, 1.82) is 0 Å². The van der Waals surface area contributed by atoms with Gasteiger partial charge in [0.05, 0.1) is 17.0 Å². The van der Waals surface area contributed by atoms with Gasteiger partial charge in [-0.15, -0.1) is 11.3 Å². The van der Waals surface area contributed by atoms with Crippen LogP contribution in [0.15, 0.2) is 66.0 Å². The first-order chi connectivity index (χ1) is 14.5. The van der Waals surface area contributed by atoms with Crippen molar-refractivity contribution in [1.82, 2.24) is 9.55 Å². The maximum Gasteiger partial charge on any atom is 0.250 e. The van der Waals surface area contributed by atoms with Crippen molar-refractivity contribution >= 4 is 28.1 Å². The number of anilines is 2. The summed E-state index contributed by atoms with van der Waals surface area (Å²) >= 11 is 1.54. The maximum atomic E-state index is 12.0. The van der Waals surface area contributed by atoms with Crippen LogP contribution in [0.2, 0.25) is 0 Å². The van der Waals surface area contributed by atoms with Gasteiger partial charge in [0.25, 0.3) is 5.91 Å². The molecule has 0 aliphatic rings. The van der Waals surface area contributed by atoms with Crippen LogP contribution in [-0.2, 0) is 13.0 Å². The van der Waals surface area contributed by atoms with Crippen LogP contribution in [0.1, 0.15) is 27.2 Å². The Morgan fingerprint density at radius 1 is 1.10 bits per heavy atom. The van der Waals surface area contributed by atoms with E-state index in [0.717, 1.165) is 46.4 Å². The van der Waals surface area contributed by atoms with Crippen molar-refractivity contribution in [3.05, 3.63) is 88.4 Å². The molecule has 0 saturated heterocycles. The zero-order valence-electron chi connectivity index (χ0n) is 17.1. The molecule has 0 aliphatic carbocycles. The maximum absolute atomic E-state index is 12.0. The first-order valence-electron chi connectivity index (χ1n) is 9.85. The fraction of sp³-hybridized carbons (Fsp3) is 0.167. The Kier molecular flexibility index (Phi) is 5.68. The molecule has 0 atom stereocenters. The van der Waals surface area contributed by atoms with Crippen molar-refractivity contribution in [3.8, 4) is 11.4 Å². The van der Waals surface area contributed by atoms with E-state index < -0.39 is 5.91 Å². The third kappa shape index (κ3) is 4.14. The predicted octanol–water partition coefficient (Wildman–Crippen LogP) is 5.31. The van der Waals surface area contributed by atoms with E-state index in [1.165, 1.54) is 5.56 Å². The van der Waals surface area contributed by atoms with E-state index in [2.05, 4.69) is 35.0 Å². The quantitative estimate of drug-likeness (QED) is 0.429. The normalized spacial score (nSPS) is 10.9. The first kappa shape index (κ1) is 19.9. The molecule has 1 amide bonds. The largest absolute Gasteiger partial charge is 0.366 e. The second-order valence-electron chi connectivity index (χ2n) is 7.26. The van der Waals surface area contributed by atoms with E-state index in [0.29, 0.717) is 5.56 Å². The van der Waals surface area contributed by atoms with Crippen LogP contribution < -0.4 is 11.1 Å². The van der Waals surface area contributed by atoms with Gasteiger partial charge in [-0.05, 0) is 43.5 Å². The minimum atomic E-state index is -0.416.